The SMILES string of the molecule is O=C(Nc1nc(-c2ccco2)cs1)c1ccc(=O)n(Cc2ccccc2)n1. The maximum atomic E-state index is 12.5. The van der Waals surface area contributed by atoms with Crippen LogP contribution in [0.25, 0.3) is 11.5 Å². The number of benzene rings is 1. The molecule has 1 N–H and O–H groups in total. The quantitative estimate of drug-likeness (QED) is 0.576. The van der Waals surface area contributed by atoms with Gasteiger partial charge in [-0.3, -0.25) is 14.9 Å². The minimum absolute atomic E-state index is 0.139. The summed E-state index contributed by atoms with van der Waals surface area (Å²) < 4.78 is 6.55. The van der Waals surface area contributed by atoms with Crippen LogP contribution in [-0.4, -0.2) is 20.7 Å². The molecule has 1 aromatic carbocycles. The second-order valence-electron chi connectivity index (χ2n) is 5.67. The molecule has 0 saturated carbocycles. The van der Waals surface area contributed by atoms with Crippen molar-refractivity contribution in [3.8, 4) is 11.5 Å². The number of carbonyl (C=O) groups excluding carboxylic acids is 1. The van der Waals surface area contributed by atoms with Gasteiger partial charge < -0.3 is 4.42 Å². The van der Waals surface area contributed by atoms with E-state index in [0.717, 1.165) is 5.56 Å². The molecule has 4 rings (SSSR count). The topological polar surface area (TPSA) is 90.0 Å². The Morgan fingerprint density at radius 3 is 2.74 bits per heavy atom. The van der Waals surface area contributed by atoms with Gasteiger partial charge in [0, 0.05) is 11.4 Å². The molecule has 0 bridgehead atoms. The number of nitrogens with zero attached hydrogens (tertiary/aromatic N) is 3. The van der Waals surface area contributed by atoms with Gasteiger partial charge in [0.25, 0.3) is 11.5 Å². The lowest BCUT2D eigenvalue weighted by Crippen LogP contribution is -2.26. The molecule has 0 saturated heterocycles. The molecule has 0 aliphatic carbocycles. The number of rotatable bonds is 5. The molecule has 0 aliphatic heterocycles. The molecule has 27 heavy (non-hydrogen) atoms. The number of anilines is 1. The number of thiazole rings is 1. The number of hydrogen-bond donors (Lipinski definition) is 1. The van der Waals surface area contributed by atoms with Crippen molar-refractivity contribution in [2.24, 2.45) is 0 Å². The summed E-state index contributed by atoms with van der Waals surface area (Å²) in [4.78, 5) is 28.8. The molecule has 3 aromatic heterocycles. The number of hydrogen-bond acceptors (Lipinski definition) is 6. The predicted molar refractivity (Wildman–Crippen MR) is 102 cm³/mol. The lowest BCUT2D eigenvalue weighted by atomic mass is 10.2. The standard InChI is InChI=1S/C19H14N4O3S/c24-17-9-8-14(22-23(17)11-13-5-2-1-3-6-13)18(25)21-19-20-15(12-27-19)16-7-4-10-26-16/h1-10,12H,11H2,(H,20,21,25). The highest BCUT2D eigenvalue weighted by Gasteiger charge is 2.13. The Kier molecular flexibility index (Phi) is 4.63. The van der Waals surface area contributed by atoms with Gasteiger partial charge in [-0.15, -0.1) is 11.3 Å². The molecular formula is C19H14N4O3S. The normalized spacial score (nSPS) is 10.7. The average Bonchev–Trinajstić information content (AvgIpc) is 3.36. The molecule has 0 unspecified atom stereocenters. The van der Waals surface area contributed by atoms with Crippen molar-refractivity contribution in [3.63, 3.8) is 0 Å². The molecule has 0 fully saturated rings. The van der Waals surface area contributed by atoms with Crippen LogP contribution in [0.4, 0.5) is 5.13 Å². The highest BCUT2D eigenvalue weighted by molar-refractivity contribution is 7.14. The smallest absolute Gasteiger partial charge is 0.277 e. The van der Waals surface area contributed by atoms with Crippen LogP contribution < -0.4 is 10.9 Å². The number of nitrogens with one attached hydrogen (secondary N) is 1. The van der Waals surface area contributed by atoms with Gasteiger partial charge in [-0.25, -0.2) is 9.67 Å². The van der Waals surface area contributed by atoms with E-state index in [4.69, 9.17) is 4.42 Å². The van der Waals surface area contributed by atoms with Crippen molar-refractivity contribution in [3.05, 3.63) is 87.9 Å². The van der Waals surface area contributed by atoms with Crippen LogP contribution in [0.5, 0.6) is 0 Å². The average molecular weight is 378 g/mol. The van der Waals surface area contributed by atoms with Gasteiger partial charge in [0.05, 0.1) is 12.8 Å². The van der Waals surface area contributed by atoms with Crippen LogP contribution in [0.3, 0.4) is 0 Å². The Labute approximate surface area is 157 Å². The van der Waals surface area contributed by atoms with Gasteiger partial charge in [-0.2, -0.15) is 5.10 Å². The second-order valence-corrected chi connectivity index (χ2v) is 6.53. The van der Waals surface area contributed by atoms with Gasteiger partial charge in [-0.05, 0) is 23.8 Å². The summed E-state index contributed by atoms with van der Waals surface area (Å²) in [6.07, 6.45) is 1.56. The highest BCUT2D eigenvalue weighted by Crippen LogP contribution is 2.25. The van der Waals surface area contributed by atoms with Crippen LogP contribution in [0.1, 0.15) is 16.1 Å². The zero-order chi connectivity index (χ0) is 18.6. The van der Waals surface area contributed by atoms with Gasteiger partial charge in [0.15, 0.2) is 10.9 Å². The van der Waals surface area contributed by atoms with Crippen molar-refractivity contribution >= 4 is 22.4 Å². The number of amides is 1. The predicted octanol–water partition coefficient (Wildman–Crippen LogP) is 3.26. The third kappa shape index (κ3) is 3.85. The van der Waals surface area contributed by atoms with E-state index in [0.29, 0.717) is 23.1 Å². The van der Waals surface area contributed by atoms with Crippen molar-refractivity contribution in [1.82, 2.24) is 14.8 Å². The van der Waals surface area contributed by atoms with Crippen LogP contribution in [0.2, 0.25) is 0 Å². The van der Waals surface area contributed by atoms with E-state index >= 15 is 0 Å². The number of carbonyl (C=O) groups is 1. The minimum Gasteiger partial charge on any atom is -0.463 e. The second kappa shape index (κ2) is 7.38. The fraction of sp³-hybridized carbons (Fsp3) is 0.0526. The van der Waals surface area contributed by atoms with Gasteiger partial charge >= 0.3 is 0 Å². The first-order valence-electron chi connectivity index (χ1n) is 8.12. The Morgan fingerprint density at radius 1 is 1.11 bits per heavy atom. The largest absolute Gasteiger partial charge is 0.463 e. The van der Waals surface area contributed by atoms with Crippen LogP contribution >= 0.6 is 11.3 Å². The Balaban J connectivity index is 1.52. The van der Waals surface area contributed by atoms with E-state index < -0.39 is 5.91 Å². The zero-order valence-corrected chi connectivity index (χ0v) is 14.8. The maximum absolute atomic E-state index is 12.5. The number of aromatic nitrogens is 3. The van der Waals surface area contributed by atoms with Gasteiger partial charge in [-0.1, -0.05) is 30.3 Å². The molecule has 0 spiro atoms. The first kappa shape index (κ1) is 16.9. The molecule has 0 atom stereocenters. The van der Waals surface area contributed by atoms with Crippen LogP contribution in [0.15, 0.2) is 75.5 Å². The van der Waals surface area contributed by atoms with E-state index in [1.165, 1.54) is 28.2 Å². The Hall–Kier alpha value is -3.52. The minimum atomic E-state index is -0.433. The zero-order valence-electron chi connectivity index (χ0n) is 14.0. The van der Waals surface area contributed by atoms with E-state index in [1.54, 1.807) is 23.8 Å². The molecule has 3 heterocycles. The number of furan rings is 1. The summed E-state index contributed by atoms with van der Waals surface area (Å²) in [7, 11) is 0. The van der Waals surface area contributed by atoms with Gasteiger partial charge in [0.2, 0.25) is 0 Å². The van der Waals surface area contributed by atoms with E-state index in [9.17, 15) is 9.59 Å². The van der Waals surface area contributed by atoms with Crippen molar-refractivity contribution in [1.29, 1.82) is 0 Å². The lowest BCUT2D eigenvalue weighted by Gasteiger charge is -2.07. The Bertz CT molecular complexity index is 1120. The summed E-state index contributed by atoms with van der Waals surface area (Å²) in [5.74, 6) is 0.193. The van der Waals surface area contributed by atoms with Crippen molar-refractivity contribution in [2.75, 3.05) is 5.32 Å². The first-order valence-corrected chi connectivity index (χ1v) is 9.00. The monoisotopic (exact) mass is 378 g/mol. The molecule has 4 aromatic rings. The summed E-state index contributed by atoms with van der Waals surface area (Å²) in [5, 5.41) is 9.09. The van der Waals surface area contributed by atoms with Crippen molar-refractivity contribution in [2.45, 2.75) is 6.54 Å². The molecule has 7 nitrogen and oxygen atoms in total. The first-order chi connectivity index (χ1) is 13.2. The fourth-order valence-electron chi connectivity index (χ4n) is 2.47. The van der Waals surface area contributed by atoms with Crippen molar-refractivity contribution < 1.29 is 9.21 Å². The molecule has 0 aliphatic rings. The molecule has 1 amide bonds. The van der Waals surface area contributed by atoms with E-state index in [1.807, 2.05) is 30.3 Å². The summed E-state index contributed by atoms with van der Waals surface area (Å²) in [6, 6.07) is 15.8. The highest BCUT2D eigenvalue weighted by atomic mass is 32.1. The summed E-state index contributed by atoms with van der Waals surface area (Å²) >= 11 is 1.28. The molecule has 0 radical (unpaired) electrons. The summed E-state index contributed by atoms with van der Waals surface area (Å²) in [5.41, 5.74) is 1.43. The third-order valence-electron chi connectivity index (χ3n) is 3.77. The molecule has 8 heteroatoms. The third-order valence-corrected chi connectivity index (χ3v) is 4.53. The molecular weight excluding hydrogens is 364 g/mol. The van der Waals surface area contributed by atoms with E-state index in [2.05, 4.69) is 15.4 Å². The van der Waals surface area contributed by atoms with Crippen LogP contribution in [-0.2, 0) is 6.54 Å². The maximum Gasteiger partial charge on any atom is 0.277 e. The Morgan fingerprint density at radius 2 is 1.96 bits per heavy atom. The van der Waals surface area contributed by atoms with Gasteiger partial charge in [0.1, 0.15) is 11.4 Å². The summed E-state index contributed by atoms with van der Waals surface area (Å²) in [6.45, 7) is 0.292. The van der Waals surface area contributed by atoms with E-state index in [-0.39, 0.29) is 11.3 Å². The fourth-order valence-corrected chi connectivity index (χ4v) is 3.16. The van der Waals surface area contributed by atoms with Crippen LogP contribution in [0, 0.1) is 0 Å². The lowest BCUT2D eigenvalue weighted by molar-refractivity contribution is 0.102. The molecule has 134 valence electrons.